The Bertz CT molecular complexity index is 830. The monoisotopic (exact) mass is 314 g/mol. The van der Waals surface area contributed by atoms with Gasteiger partial charge in [0.15, 0.2) is 11.5 Å². The summed E-state index contributed by atoms with van der Waals surface area (Å²) in [7, 11) is 3.10. The van der Waals surface area contributed by atoms with Crippen LogP contribution in [0.1, 0.15) is 19.4 Å². The molecule has 0 unspecified atom stereocenters. The molecule has 0 amide bonds. The maximum absolute atomic E-state index is 12.3. The Hall–Kier alpha value is -2.69. The number of fused-ring (bicyclic) bond motifs is 1. The van der Waals surface area contributed by atoms with Crippen molar-refractivity contribution in [2.24, 2.45) is 0 Å². The second-order valence-corrected chi connectivity index (χ2v) is 5.76. The van der Waals surface area contributed by atoms with E-state index < -0.39 is 11.2 Å². The summed E-state index contributed by atoms with van der Waals surface area (Å²) in [5.41, 5.74) is 0.114. The third-order valence-corrected chi connectivity index (χ3v) is 3.64. The molecule has 0 aliphatic carbocycles. The van der Waals surface area contributed by atoms with E-state index in [1.165, 1.54) is 0 Å². The first-order chi connectivity index (χ1) is 10.9. The molecule has 0 atom stereocenters. The summed E-state index contributed by atoms with van der Waals surface area (Å²) in [6, 6.07) is 7.09. The Morgan fingerprint density at radius 3 is 2.61 bits per heavy atom. The van der Waals surface area contributed by atoms with E-state index in [0.29, 0.717) is 34.1 Å². The minimum Gasteiger partial charge on any atom is -0.493 e. The minimum absolute atomic E-state index is 0.371. The quantitative estimate of drug-likeness (QED) is 0.867. The Balaban J connectivity index is 2.19. The van der Waals surface area contributed by atoms with E-state index in [2.05, 4.69) is 0 Å². The van der Waals surface area contributed by atoms with E-state index in [9.17, 15) is 4.79 Å². The molecule has 3 rings (SSSR count). The van der Waals surface area contributed by atoms with Crippen molar-refractivity contribution in [3.05, 3.63) is 46.3 Å². The van der Waals surface area contributed by atoms with Gasteiger partial charge in [0.1, 0.15) is 22.7 Å². The molecule has 5 heteroatoms. The number of benzene rings is 1. The highest BCUT2D eigenvalue weighted by atomic mass is 16.5. The van der Waals surface area contributed by atoms with Crippen LogP contribution in [-0.2, 0) is 0 Å². The van der Waals surface area contributed by atoms with Crippen LogP contribution in [0.2, 0.25) is 0 Å². The number of rotatable bonds is 3. The van der Waals surface area contributed by atoms with Gasteiger partial charge in [0.2, 0.25) is 0 Å². The van der Waals surface area contributed by atoms with Gasteiger partial charge in [-0.2, -0.15) is 0 Å². The topological polar surface area (TPSA) is 57.9 Å². The van der Waals surface area contributed by atoms with Gasteiger partial charge in [0, 0.05) is 6.07 Å². The molecule has 2 heterocycles. The molecule has 0 saturated carbocycles. The van der Waals surface area contributed by atoms with E-state index in [-0.39, 0.29) is 0 Å². The summed E-state index contributed by atoms with van der Waals surface area (Å²) < 4.78 is 22.0. The predicted molar refractivity (Wildman–Crippen MR) is 87.3 cm³/mol. The van der Waals surface area contributed by atoms with Crippen molar-refractivity contribution in [2.45, 2.75) is 19.4 Å². The zero-order valence-electron chi connectivity index (χ0n) is 13.5. The fourth-order valence-electron chi connectivity index (χ4n) is 2.53. The van der Waals surface area contributed by atoms with Crippen LogP contribution >= 0.6 is 0 Å². The molecule has 0 radical (unpaired) electrons. The first kappa shape index (κ1) is 15.2. The van der Waals surface area contributed by atoms with Crippen LogP contribution in [0, 0.1) is 0 Å². The zero-order chi connectivity index (χ0) is 16.6. The fraction of sp³-hybridized carbons (Fsp3) is 0.278. The largest absolute Gasteiger partial charge is 0.493 e. The van der Waals surface area contributed by atoms with Crippen molar-refractivity contribution >= 4 is 6.08 Å². The molecule has 2 aromatic rings. The Morgan fingerprint density at radius 2 is 1.91 bits per heavy atom. The molecule has 5 nitrogen and oxygen atoms in total. The van der Waals surface area contributed by atoms with E-state index in [1.54, 1.807) is 44.6 Å². The molecule has 1 aliphatic heterocycles. The number of ether oxygens (including phenoxy) is 3. The third-order valence-electron chi connectivity index (χ3n) is 3.64. The van der Waals surface area contributed by atoms with Gasteiger partial charge in [-0.3, -0.25) is 0 Å². The van der Waals surface area contributed by atoms with Crippen molar-refractivity contribution < 1.29 is 18.6 Å². The van der Waals surface area contributed by atoms with Gasteiger partial charge < -0.3 is 18.6 Å². The van der Waals surface area contributed by atoms with E-state index >= 15 is 0 Å². The van der Waals surface area contributed by atoms with Gasteiger partial charge in [-0.15, -0.1) is 0 Å². The lowest BCUT2D eigenvalue weighted by atomic mass is 10.0. The lowest BCUT2D eigenvalue weighted by Gasteiger charge is -2.27. The van der Waals surface area contributed by atoms with E-state index in [1.807, 2.05) is 19.9 Å². The Morgan fingerprint density at radius 1 is 1.13 bits per heavy atom. The van der Waals surface area contributed by atoms with E-state index in [4.69, 9.17) is 18.6 Å². The maximum Gasteiger partial charge on any atom is 0.347 e. The van der Waals surface area contributed by atoms with Crippen molar-refractivity contribution in [1.82, 2.24) is 0 Å². The molecular weight excluding hydrogens is 296 g/mol. The highest BCUT2D eigenvalue weighted by Crippen LogP contribution is 2.39. The van der Waals surface area contributed by atoms with Gasteiger partial charge in [0.25, 0.3) is 0 Å². The molecule has 23 heavy (non-hydrogen) atoms. The summed E-state index contributed by atoms with van der Waals surface area (Å²) in [5, 5.41) is 0. The van der Waals surface area contributed by atoms with Crippen molar-refractivity contribution in [1.29, 1.82) is 0 Å². The summed E-state index contributed by atoms with van der Waals surface area (Å²) in [6.45, 7) is 3.85. The summed E-state index contributed by atoms with van der Waals surface area (Å²) in [6.07, 6.45) is 3.56. The summed E-state index contributed by atoms with van der Waals surface area (Å²) >= 11 is 0. The second-order valence-electron chi connectivity index (χ2n) is 5.76. The molecular formula is C18H18O5. The van der Waals surface area contributed by atoms with Gasteiger partial charge in [0.05, 0.1) is 19.8 Å². The molecule has 1 aromatic carbocycles. The van der Waals surface area contributed by atoms with Crippen LogP contribution in [-0.4, -0.2) is 19.8 Å². The first-order valence-corrected chi connectivity index (χ1v) is 7.23. The molecule has 1 aliphatic rings. The number of para-hydroxylation sites is 1. The predicted octanol–water partition coefficient (Wildman–Crippen LogP) is 3.51. The van der Waals surface area contributed by atoms with E-state index in [0.717, 1.165) is 0 Å². The SMILES string of the molecule is COc1cccc(-c2cc3c(c(=O)o2)C=CC(C)(C)O3)c1OC. The molecule has 0 N–H and O–H groups in total. The Kier molecular flexibility index (Phi) is 3.64. The second kappa shape index (κ2) is 5.50. The number of hydrogen-bond donors (Lipinski definition) is 0. The highest BCUT2D eigenvalue weighted by molar-refractivity contribution is 5.72. The summed E-state index contributed by atoms with van der Waals surface area (Å²) in [5.74, 6) is 1.93. The van der Waals surface area contributed by atoms with Crippen molar-refractivity contribution in [3.63, 3.8) is 0 Å². The summed E-state index contributed by atoms with van der Waals surface area (Å²) in [4.78, 5) is 12.3. The minimum atomic E-state index is -0.476. The van der Waals surface area contributed by atoms with Crippen LogP contribution in [0.25, 0.3) is 17.4 Å². The van der Waals surface area contributed by atoms with Crippen molar-refractivity contribution in [2.75, 3.05) is 14.2 Å². The average molecular weight is 314 g/mol. The highest BCUT2D eigenvalue weighted by Gasteiger charge is 2.25. The molecule has 120 valence electrons. The number of methoxy groups -OCH3 is 2. The van der Waals surface area contributed by atoms with Gasteiger partial charge in [-0.1, -0.05) is 6.07 Å². The van der Waals surface area contributed by atoms with Crippen molar-refractivity contribution in [3.8, 4) is 28.6 Å². The number of hydrogen-bond acceptors (Lipinski definition) is 5. The zero-order valence-corrected chi connectivity index (χ0v) is 13.5. The lowest BCUT2D eigenvalue weighted by Crippen LogP contribution is -2.29. The standard InChI is InChI=1S/C18H18O5/c1-18(2)9-8-12-15(23-18)10-14(22-17(12)19)11-6-5-7-13(20-3)16(11)21-4/h5-10H,1-4H3. The smallest absolute Gasteiger partial charge is 0.347 e. The lowest BCUT2D eigenvalue weighted by molar-refractivity contribution is 0.157. The third kappa shape index (κ3) is 2.70. The van der Waals surface area contributed by atoms with Crippen LogP contribution in [0.15, 0.2) is 39.6 Å². The van der Waals surface area contributed by atoms with Crippen LogP contribution in [0.5, 0.6) is 17.2 Å². The fourth-order valence-corrected chi connectivity index (χ4v) is 2.53. The molecule has 0 spiro atoms. The van der Waals surface area contributed by atoms with Crippen LogP contribution < -0.4 is 19.8 Å². The van der Waals surface area contributed by atoms with Gasteiger partial charge in [-0.25, -0.2) is 4.79 Å². The molecule has 1 aromatic heterocycles. The Labute approximate surface area is 134 Å². The average Bonchev–Trinajstić information content (AvgIpc) is 2.52. The van der Waals surface area contributed by atoms with Gasteiger partial charge in [-0.05, 0) is 38.1 Å². The van der Waals surface area contributed by atoms with Crippen LogP contribution in [0.4, 0.5) is 0 Å². The molecule has 0 fully saturated rings. The van der Waals surface area contributed by atoms with Crippen LogP contribution in [0.3, 0.4) is 0 Å². The first-order valence-electron chi connectivity index (χ1n) is 7.23. The maximum atomic E-state index is 12.3. The van der Waals surface area contributed by atoms with Gasteiger partial charge >= 0.3 is 5.63 Å². The molecule has 0 bridgehead atoms. The molecule has 0 saturated heterocycles. The normalized spacial score (nSPS) is 14.8.